The van der Waals surface area contributed by atoms with Crippen molar-refractivity contribution in [3.8, 4) is 5.75 Å². The molecule has 1 aromatic heterocycles. The molecule has 0 unspecified atom stereocenters. The summed E-state index contributed by atoms with van der Waals surface area (Å²) >= 11 is 8.69. The van der Waals surface area contributed by atoms with E-state index in [1.54, 1.807) is 0 Å². The minimum absolute atomic E-state index is 0.632. The van der Waals surface area contributed by atoms with Crippen LogP contribution in [0.4, 0.5) is 0 Å². The summed E-state index contributed by atoms with van der Waals surface area (Å²) in [6, 6.07) is 6.06. The number of nitrogens with zero attached hydrogens (tertiary/aromatic N) is 2. The molecule has 2 aromatic rings. The molecule has 0 saturated carbocycles. The second kappa shape index (κ2) is 7.56. The summed E-state index contributed by atoms with van der Waals surface area (Å²) in [4.78, 5) is 0. The lowest BCUT2D eigenvalue weighted by Crippen LogP contribution is -2.06. The quantitative estimate of drug-likeness (QED) is 0.452. The summed E-state index contributed by atoms with van der Waals surface area (Å²) in [6.45, 7) is 7.09. The van der Waals surface area contributed by atoms with Crippen LogP contribution >= 0.6 is 28.1 Å². The molecule has 0 fully saturated rings. The predicted molar refractivity (Wildman–Crippen MR) is 90.3 cm³/mol. The third-order valence-corrected chi connectivity index (χ3v) is 3.97. The van der Waals surface area contributed by atoms with Crippen LogP contribution in [0.2, 0.25) is 0 Å². The molecule has 0 aliphatic rings. The summed E-state index contributed by atoms with van der Waals surface area (Å²) in [7, 11) is 0. The highest BCUT2D eigenvalue weighted by atomic mass is 79.9. The number of nitrogens with one attached hydrogen (secondary N) is 1. The Balaban J connectivity index is 1.87. The van der Waals surface area contributed by atoms with Gasteiger partial charge in [-0.05, 0) is 59.2 Å². The maximum Gasteiger partial charge on any atom is 0.195 e. The summed E-state index contributed by atoms with van der Waals surface area (Å²) in [5.74, 6) is 1.80. The van der Waals surface area contributed by atoms with Gasteiger partial charge in [-0.15, -0.1) is 6.58 Å². The largest absolute Gasteiger partial charge is 0.492 e. The van der Waals surface area contributed by atoms with E-state index in [9.17, 15) is 0 Å². The van der Waals surface area contributed by atoms with Gasteiger partial charge in [-0.2, -0.15) is 5.10 Å². The zero-order valence-electron chi connectivity index (χ0n) is 11.9. The van der Waals surface area contributed by atoms with E-state index < -0.39 is 0 Å². The maximum absolute atomic E-state index is 5.78. The Bertz CT molecular complexity index is 678. The Hall–Kier alpha value is -1.40. The molecule has 2 rings (SSSR count). The van der Waals surface area contributed by atoms with Crippen molar-refractivity contribution in [3.05, 3.63) is 51.5 Å². The van der Waals surface area contributed by atoms with E-state index in [2.05, 4.69) is 39.6 Å². The number of aromatic amines is 1. The van der Waals surface area contributed by atoms with Crippen LogP contribution in [-0.2, 0) is 13.0 Å². The van der Waals surface area contributed by atoms with Gasteiger partial charge in [-0.3, -0.25) is 5.10 Å². The fraction of sp³-hybridized carbons (Fsp3) is 0.333. The molecule has 6 heteroatoms. The van der Waals surface area contributed by atoms with Crippen molar-refractivity contribution in [2.24, 2.45) is 0 Å². The van der Waals surface area contributed by atoms with Gasteiger partial charge in [0.05, 0.1) is 11.1 Å². The highest BCUT2D eigenvalue weighted by Crippen LogP contribution is 2.25. The smallest absolute Gasteiger partial charge is 0.195 e. The van der Waals surface area contributed by atoms with Crippen molar-refractivity contribution >= 4 is 28.1 Å². The molecular weight excluding hydrogens is 350 g/mol. The van der Waals surface area contributed by atoms with Crippen molar-refractivity contribution < 1.29 is 4.74 Å². The van der Waals surface area contributed by atoms with E-state index in [0.29, 0.717) is 17.9 Å². The lowest BCUT2D eigenvalue weighted by atomic mass is 10.2. The van der Waals surface area contributed by atoms with E-state index in [-0.39, 0.29) is 0 Å². The highest BCUT2D eigenvalue weighted by Gasteiger charge is 2.05. The molecule has 0 aliphatic heterocycles. The fourth-order valence-corrected chi connectivity index (χ4v) is 2.83. The summed E-state index contributed by atoms with van der Waals surface area (Å²) < 4.78 is 9.34. The number of benzene rings is 1. The lowest BCUT2D eigenvalue weighted by Gasteiger charge is -2.09. The molecule has 0 atom stereocenters. The highest BCUT2D eigenvalue weighted by molar-refractivity contribution is 9.10. The van der Waals surface area contributed by atoms with E-state index in [1.165, 1.54) is 5.56 Å². The Morgan fingerprint density at radius 3 is 3.05 bits per heavy atom. The second-order valence-corrected chi connectivity index (χ2v) is 5.97. The molecule has 21 heavy (non-hydrogen) atoms. The first-order chi connectivity index (χ1) is 10.1. The normalized spacial score (nSPS) is 10.6. The van der Waals surface area contributed by atoms with Crippen LogP contribution in [0.1, 0.15) is 17.8 Å². The molecule has 112 valence electrons. The van der Waals surface area contributed by atoms with Gasteiger partial charge in [0.2, 0.25) is 0 Å². The van der Waals surface area contributed by atoms with Crippen LogP contribution < -0.4 is 4.74 Å². The molecule has 0 saturated heterocycles. The SMILES string of the molecule is C=CCn1c(CCCOc2ccc(C)cc2Br)n[nH]c1=S. The molecule has 0 bridgehead atoms. The summed E-state index contributed by atoms with van der Waals surface area (Å²) in [6.07, 6.45) is 3.50. The van der Waals surface area contributed by atoms with Gasteiger partial charge in [-0.25, -0.2) is 0 Å². The van der Waals surface area contributed by atoms with Gasteiger partial charge in [-0.1, -0.05) is 12.1 Å². The van der Waals surface area contributed by atoms with E-state index in [0.717, 1.165) is 28.9 Å². The summed E-state index contributed by atoms with van der Waals surface area (Å²) in [5.41, 5.74) is 1.20. The first-order valence-corrected chi connectivity index (χ1v) is 7.96. The zero-order valence-corrected chi connectivity index (χ0v) is 14.3. The van der Waals surface area contributed by atoms with Crippen molar-refractivity contribution in [3.63, 3.8) is 0 Å². The first-order valence-electron chi connectivity index (χ1n) is 6.75. The van der Waals surface area contributed by atoms with Gasteiger partial charge in [0.25, 0.3) is 0 Å². The molecule has 4 nitrogen and oxygen atoms in total. The topological polar surface area (TPSA) is 42.8 Å². The molecule has 0 radical (unpaired) electrons. The van der Waals surface area contributed by atoms with E-state index >= 15 is 0 Å². The molecule has 1 N–H and O–H groups in total. The molecule has 0 amide bonds. The number of rotatable bonds is 7. The number of hydrogen-bond donors (Lipinski definition) is 1. The van der Waals surface area contributed by atoms with Gasteiger partial charge in [0.15, 0.2) is 4.77 Å². The number of H-pyrrole nitrogens is 1. The van der Waals surface area contributed by atoms with Crippen LogP contribution in [-0.4, -0.2) is 21.4 Å². The van der Waals surface area contributed by atoms with Crippen LogP contribution in [0.3, 0.4) is 0 Å². The van der Waals surface area contributed by atoms with Gasteiger partial charge >= 0.3 is 0 Å². The Morgan fingerprint density at radius 2 is 2.33 bits per heavy atom. The summed E-state index contributed by atoms with van der Waals surface area (Å²) in [5, 5.41) is 7.06. The predicted octanol–water partition coefficient (Wildman–Crippen LogP) is 4.21. The number of aromatic nitrogens is 3. The van der Waals surface area contributed by atoms with E-state index in [1.807, 2.05) is 28.8 Å². The van der Waals surface area contributed by atoms with Crippen LogP contribution in [0, 0.1) is 11.7 Å². The zero-order chi connectivity index (χ0) is 15.2. The van der Waals surface area contributed by atoms with Crippen LogP contribution in [0.5, 0.6) is 5.75 Å². The number of aryl methyl sites for hydroxylation is 2. The van der Waals surface area contributed by atoms with Crippen molar-refractivity contribution in [2.45, 2.75) is 26.3 Å². The second-order valence-electron chi connectivity index (χ2n) is 4.73. The average molecular weight is 368 g/mol. The average Bonchev–Trinajstić information content (AvgIpc) is 2.79. The van der Waals surface area contributed by atoms with Gasteiger partial charge in [0, 0.05) is 13.0 Å². The number of hydrogen-bond acceptors (Lipinski definition) is 3. The molecule has 1 heterocycles. The maximum atomic E-state index is 5.78. The molecular formula is C15H18BrN3OS. The first kappa shape index (κ1) is 16.0. The molecule has 0 aliphatic carbocycles. The van der Waals surface area contributed by atoms with Crippen LogP contribution in [0.25, 0.3) is 0 Å². The van der Waals surface area contributed by atoms with Crippen molar-refractivity contribution in [1.29, 1.82) is 0 Å². The number of allylic oxidation sites excluding steroid dienone is 1. The monoisotopic (exact) mass is 367 g/mol. The number of ether oxygens (including phenoxy) is 1. The van der Waals surface area contributed by atoms with Gasteiger partial charge < -0.3 is 9.30 Å². The standard InChI is InChI=1S/C15H18BrN3OS/c1-3-8-19-14(17-18-15(19)21)5-4-9-20-13-7-6-11(2)10-12(13)16/h3,6-7,10H,1,4-5,8-9H2,2H3,(H,18,21). The Morgan fingerprint density at radius 1 is 1.52 bits per heavy atom. The molecule has 0 spiro atoms. The Labute approximate surface area is 138 Å². The third kappa shape index (κ3) is 4.28. The van der Waals surface area contributed by atoms with Crippen molar-refractivity contribution in [2.75, 3.05) is 6.61 Å². The van der Waals surface area contributed by atoms with Crippen molar-refractivity contribution in [1.82, 2.24) is 14.8 Å². The minimum atomic E-state index is 0.632. The fourth-order valence-electron chi connectivity index (χ4n) is 1.99. The lowest BCUT2D eigenvalue weighted by molar-refractivity contribution is 0.307. The van der Waals surface area contributed by atoms with E-state index in [4.69, 9.17) is 17.0 Å². The third-order valence-electron chi connectivity index (χ3n) is 3.04. The Kier molecular flexibility index (Phi) is 5.76. The minimum Gasteiger partial charge on any atom is -0.492 e. The molecule has 1 aromatic carbocycles. The van der Waals surface area contributed by atoms with Gasteiger partial charge in [0.1, 0.15) is 11.6 Å². The van der Waals surface area contributed by atoms with Crippen LogP contribution in [0.15, 0.2) is 35.3 Å². The number of halogens is 1.